The van der Waals surface area contributed by atoms with Crippen LogP contribution in [0.15, 0.2) is 120 Å². The first-order valence-corrected chi connectivity index (χ1v) is 10.1. The van der Waals surface area contributed by atoms with Gasteiger partial charge in [-0.25, -0.2) is 0 Å². The van der Waals surface area contributed by atoms with Crippen LogP contribution in [0.25, 0.3) is 33.7 Å². The molecule has 31 heavy (non-hydrogen) atoms. The lowest BCUT2D eigenvalue weighted by molar-refractivity contribution is 0.103. The predicted molar refractivity (Wildman–Crippen MR) is 123 cm³/mol. The molecule has 0 saturated heterocycles. The number of carbonyl (C=O) groups excluding carboxylic acids is 1. The van der Waals surface area contributed by atoms with Crippen LogP contribution < -0.4 is 0 Å². The first-order valence-electron chi connectivity index (χ1n) is 10.1. The highest BCUT2D eigenvalue weighted by molar-refractivity contribution is 6.17. The van der Waals surface area contributed by atoms with Crippen molar-refractivity contribution >= 4 is 5.78 Å². The highest BCUT2D eigenvalue weighted by Crippen LogP contribution is 2.39. The average Bonchev–Trinajstić information content (AvgIpc) is 3.39. The van der Waals surface area contributed by atoms with Crippen molar-refractivity contribution in [1.29, 1.82) is 0 Å². The van der Waals surface area contributed by atoms with Crippen LogP contribution in [0.3, 0.4) is 0 Å². The molecule has 0 radical (unpaired) electrons. The Kier molecular flexibility index (Phi) is 4.99. The summed E-state index contributed by atoms with van der Waals surface area (Å²) in [6, 6.07) is 32.8. The average molecular weight is 401 g/mol. The molecule has 0 amide bonds. The van der Waals surface area contributed by atoms with Gasteiger partial charge in [0.25, 0.3) is 0 Å². The predicted octanol–water partition coefficient (Wildman–Crippen LogP) is 6.91. The lowest BCUT2D eigenvalue weighted by atomic mass is 9.87. The van der Waals surface area contributed by atoms with Crippen LogP contribution in [0.5, 0.6) is 0 Å². The Morgan fingerprint density at radius 3 is 1.90 bits per heavy atom. The largest absolute Gasteiger partial charge is 0.464 e. The van der Waals surface area contributed by atoms with Crippen molar-refractivity contribution in [1.82, 2.24) is 4.98 Å². The van der Waals surface area contributed by atoms with E-state index in [9.17, 15) is 4.79 Å². The number of carbonyl (C=O) groups is 1. The van der Waals surface area contributed by atoms with E-state index >= 15 is 0 Å². The standard InChI is InChI=1S/C28H19NO2/c30-28(22-15-8-3-9-16-22)26-25(20-11-4-1-5-12-20)23(24-17-10-18-31-24)19-29-27(26)21-13-6-2-7-14-21/h1-19H. The molecule has 0 unspecified atom stereocenters. The maximum absolute atomic E-state index is 13.9. The second-order valence-electron chi connectivity index (χ2n) is 7.17. The number of pyridine rings is 1. The fourth-order valence-corrected chi connectivity index (χ4v) is 3.80. The van der Waals surface area contributed by atoms with Gasteiger partial charge in [-0.3, -0.25) is 9.78 Å². The van der Waals surface area contributed by atoms with E-state index in [1.807, 2.05) is 103 Å². The van der Waals surface area contributed by atoms with Crippen molar-refractivity contribution in [2.75, 3.05) is 0 Å². The molecule has 3 nitrogen and oxygen atoms in total. The molecular weight excluding hydrogens is 382 g/mol. The van der Waals surface area contributed by atoms with E-state index in [0.717, 1.165) is 22.3 Å². The second-order valence-corrected chi connectivity index (χ2v) is 7.17. The van der Waals surface area contributed by atoms with E-state index in [1.165, 1.54) is 0 Å². The minimum atomic E-state index is -0.0702. The van der Waals surface area contributed by atoms with Crippen LogP contribution >= 0.6 is 0 Å². The molecule has 0 aliphatic carbocycles. The van der Waals surface area contributed by atoms with Crippen molar-refractivity contribution in [3.8, 4) is 33.7 Å². The van der Waals surface area contributed by atoms with Gasteiger partial charge in [-0.2, -0.15) is 0 Å². The Hall–Kier alpha value is -4.24. The normalized spacial score (nSPS) is 10.7. The first kappa shape index (κ1) is 18.8. The van der Waals surface area contributed by atoms with Gasteiger partial charge in [-0.15, -0.1) is 0 Å². The Morgan fingerprint density at radius 2 is 1.29 bits per heavy atom. The molecule has 5 rings (SSSR count). The van der Waals surface area contributed by atoms with E-state index in [4.69, 9.17) is 9.40 Å². The van der Waals surface area contributed by atoms with Crippen LogP contribution in [-0.4, -0.2) is 10.8 Å². The monoisotopic (exact) mass is 401 g/mol. The number of benzene rings is 3. The van der Waals surface area contributed by atoms with Gasteiger partial charge < -0.3 is 4.42 Å². The van der Waals surface area contributed by atoms with E-state index in [1.54, 1.807) is 12.5 Å². The Labute approximate surface area is 180 Å². The van der Waals surface area contributed by atoms with Gasteiger partial charge >= 0.3 is 0 Å². The summed E-state index contributed by atoms with van der Waals surface area (Å²) in [6.45, 7) is 0. The van der Waals surface area contributed by atoms with Crippen LogP contribution in [-0.2, 0) is 0 Å². The number of ketones is 1. The quantitative estimate of drug-likeness (QED) is 0.301. The lowest BCUT2D eigenvalue weighted by Crippen LogP contribution is -2.09. The minimum absolute atomic E-state index is 0.0702. The smallest absolute Gasteiger partial charge is 0.195 e. The summed E-state index contributed by atoms with van der Waals surface area (Å²) < 4.78 is 5.72. The SMILES string of the molecule is O=C(c1ccccc1)c1c(-c2ccccc2)ncc(-c2ccco2)c1-c1ccccc1. The summed E-state index contributed by atoms with van der Waals surface area (Å²) in [7, 11) is 0. The second kappa shape index (κ2) is 8.25. The van der Waals surface area contributed by atoms with E-state index in [-0.39, 0.29) is 5.78 Å². The van der Waals surface area contributed by atoms with Gasteiger partial charge in [-0.1, -0.05) is 91.0 Å². The van der Waals surface area contributed by atoms with Gasteiger partial charge in [-0.05, 0) is 17.7 Å². The zero-order valence-corrected chi connectivity index (χ0v) is 16.7. The van der Waals surface area contributed by atoms with Crippen molar-refractivity contribution in [3.63, 3.8) is 0 Å². The van der Waals surface area contributed by atoms with Gasteiger partial charge in [0, 0.05) is 28.5 Å². The van der Waals surface area contributed by atoms with E-state index in [2.05, 4.69) is 0 Å². The first-order chi connectivity index (χ1) is 15.3. The molecule has 3 aromatic carbocycles. The Bertz CT molecular complexity index is 1310. The van der Waals surface area contributed by atoms with E-state index in [0.29, 0.717) is 22.6 Å². The molecule has 3 heteroatoms. The molecule has 0 spiro atoms. The molecule has 148 valence electrons. The molecule has 0 aliphatic heterocycles. The molecule has 0 fully saturated rings. The van der Waals surface area contributed by atoms with Crippen LogP contribution in [0.2, 0.25) is 0 Å². The van der Waals surface area contributed by atoms with Crippen molar-refractivity contribution < 1.29 is 9.21 Å². The Morgan fingerprint density at radius 1 is 0.677 bits per heavy atom. The maximum atomic E-state index is 13.9. The third-order valence-electron chi connectivity index (χ3n) is 5.24. The summed E-state index contributed by atoms with van der Waals surface area (Å²) in [5, 5.41) is 0. The Balaban J connectivity index is 1.87. The molecule has 0 bridgehead atoms. The van der Waals surface area contributed by atoms with Crippen LogP contribution in [0.4, 0.5) is 0 Å². The highest BCUT2D eigenvalue weighted by Gasteiger charge is 2.25. The topological polar surface area (TPSA) is 43.1 Å². The minimum Gasteiger partial charge on any atom is -0.464 e. The molecule has 0 aliphatic rings. The number of hydrogen-bond acceptors (Lipinski definition) is 3. The van der Waals surface area contributed by atoms with Crippen LogP contribution in [0.1, 0.15) is 15.9 Å². The van der Waals surface area contributed by atoms with Crippen molar-refractivity contribution in [2.24, 2.45) is 0 Å². The van der Waals surface area contributed by atoms with Gasteiger partial charge in [0.05, 0.1) is 17.5 Å². The summed E-state index contributed by atoms with van der Waals surface area (Å²) >= 11 is 0. The zero-order chi connectivity index (χ0) is 21.0. The van der Waals surface area contributed by atoms with E-state index < -0.39 is 0 Å². The summed E-state index contributed by atoms with van der Waals surface area (Å²) in [4.78, 5) is 18.6. The third kappa shape index (κ3) is 3.58. The fraction of sp³-hybridized carbons (Fsp3) is 0. The number of furan rings is 1. The summed E-state index contributed by atoms with van der Waals surface area (Å²) in [5.41, 5.74) is 5.28. The number of aromatic nitrogens is 1. The van der Waals surface area contributed by atoms with Crippen molar-refractivity contribution in [2.45, 2.75) is 0 Å². The maximum Gasteiger partial charge on any atom is 0.195 e. The van der Waals surface area contributed by atoms with Gasteiger partial charge in [0.1, 0.15) is 5.76 Å². The van der Waals surface area contributed by atoms with Crippen molar-refractivity contribution in [3.05, 3.63) is 127 Å². The zero-order valence-electron chi connectivity index (χ0n) is 16.7. The lowest BCUT2D eigenvalue weighted by Gasteiger charge is -2.17. The van der Waals surface area contributed by atoms with Gasteiger partial charge in [0.15, 0.2) is 5.78 Å². The summed E-state index contributed by atoms with van der Waals surface area (Å²) in [5.74, 6) is 0.604. The molecule has 0 atom stereocenters. The molecule has 5 aromatic rings. The molecular formula is C28H19NO2. The van der Waals surface area contributed by atoms with Gasteiger partial charge in [0.2, 0.25) is 0 Å². The number of hydrogen-bond donors (Lipinski definition) is 0. The molecule has 0 saturated carbocycles. The fourth-order valence-electron chi connectivity index (χ4n) is 3.80. The molecule has 0 N–H and O–H groups in total. The molecule has 2 heterocycles. The number of nitrogens with zero attached hydrogens (tertiary/aromatic N) is 1. The highest BCUT2D eigenvalue weighted by atomic mass is 16.3. The van der Waals surface area contributed by atoms with Crippen LogP contribution in [0, 0.1) is 0 Å². The number of rotatable bonds is 5. The third-order valence-corrected chi connectivity index (χ3v) is 5.24. The molecule has 2 aromatic heterocycles. The summed E-state index contributed by atoms with van der Waals surface area (Å²) in [6.07, 6.45) is 3.43.